The minimum atomic E-state index is -0.220. The van der Waals surface area contributed by atoms with Crippen LogP contribution in [-0.4, -0.2) is 29.9 Å². The second kappa shape index (κ2) is 5.59. The summed E-state index contributed by atoms with van der Waals surface area (Å²) in [6.07, 6.45) is 2.11. The van der Waals surface area contributed by atoms with Crippen molar-refractivity contribution in [1.82, 2.24) is 10.3 Å². The summed E-state index contributed by atoms with van der Waals surface area (Å²) in [5, 5.41) is 0. The Kier molecular flexibility index (Phi) is 4.11. The van der Waals surface area contributed by atoms with Gasteiger partial charge in [-0.3, -0.25) is 15.1 Å². The number of hydrogen-bond donors (Lipinski definition) is 3. The molecule has 0 radical (unpaired) electrons. The van der Waals surface area contributed by atoms with Crippen LogP contribution in [0.3, 0.4) is 0 Å². The van der Waals surface area contributed by atoms with Gasteiger partial charge in [-0.05, 0) is 38.1 Å². The van der Waals surface area contributed by atoms with E-state index in [1.165, 1.54) is 16.2 Å². The van der Waals surface area contributed by atoms with E-state index in [-0.39, 0.29) is 5.91 Å². The first kappa shape index (κ1) is 12.5. The largest absolute Gasteiger partial charge is 0.328 e. The van der Waals surface area contributed by atoms with Crippen LogP contribution in [0.15, 0.2) is 12.1 Å². The molecule has 1 aliphatic heterocycles. The van der Waals surface area contributed by atoms with Crippen molar-refractivity contribution in [2.24, 2.45) is 11.6 Å². The molecule has 94 valence electrons. The predicted molar refractivity (Wildman–Crippen MR) is 68.5 cm³/mol. The second-order valence-corrected chi connectivity index (χ2v) is 5.52. The molecule has 1 amide bonds. The number of hydrazine groups is 1. The third-order valence-electron chi connectivity index (χ3n) is 3.03. The first-order valence-electron chi connectivity index (χ1n) is 5.76. The summed E-state index contributed by atoms with van der Waals surface area (Å²) in [5.41, 5.74) is 8.01. The summed E-state index contributed by atoms with van der Waals surface area (Å²) in [7, 11) is 0. The molecule has 6 heteroatoms. The number of nitrogens with zero attached hydrogens (tertiary/aromatic N) is 1. The smallest absolute Gasteiger partial charge is 0.275 e. The molecule has 0 bridgehead atoms. The highest BCUT2D eigenvalue weighted by molar-refractivity contribution is 7.14. The molecule has 17 heavy (non-hydrogen) atoms. The zero-order valence-electron chi connectivity index (χ0n) is 9.69. The van der Waals surface area contributed by atoms with E-state index in [1.807, 2.05) is 12.1 Å². The highest BCUT2D eigenvalue weighted by Crippen LogP contribution is 2.20. The summed E-state index contributed by atoms with van der Waals surface area (Å²) < 4.78 is 0. The molecule has 2 rings (SSSR count). The molecule has 1 aliphatic rings. The van der Waals surface area contributed by atoms with E-state index in [0.29, 0.717) is 10.9 Å². The van der Waals surface area contributed by atoms with Crippen LogP contribution in [0.1, 0.15) is 27.4 Å². The number of carbonyl (C=O) groups excluding carboxylic acids is 1. The summed E-state index contributed by atoms with van der Waals surface area (Å²) >= 11 is 1.50. The van der Waals surface area contributed by atoms with Crippen LogP contribution in [0.4, 0.5) is 0 Å². The Morgan fingerprint density at radius 2 is 2.18 bits per heavy atom. The molecular formula is C11H18N4OS. The van der Waals surface area contributed by atoms with Gasteiger partial charge in [-0.1, -0.05) is 0 Å². The molecule has 0 aromatic carbocycles. The number of nitrogen functional groups attached to an aromatic ring is 1. The average Bonchev–Trinajstić information content (AvgIpc) is 2.80. The van der Waals surface area contributed by atoms with E-state index in [1.54, 1.807) is 0 Å². The number of likely N-dealkylation sites (tertiary alicyclic amines) is 1. The maximum Gasteiger partial charge on any atom is 0.275 e. The van der Waals surface area contributed by atoms with E-state index in [0.717, 1.165) is 32.5 Å². The zero-order chi connectivity index (χ0) is 12.3. The normalized spacial score (nSPS) is 18.2. The molecule has 0 unspecified atom stereocenters. The highest BCUT2D eigenvalue weighted by atomic mass is 32.1. The van der Waals surface area contributed by atoms with E-state index in [9.17, 15) is 4.79 Å². The average molecular weight is 254 g/mol. The number of piperidine rings is 1. The van der Waals surface area contributed by atoms with Crippen molar-refractivity contribution in [2.45, 2.75) is 25.4 Å². The van der Waals surface area contributed by atoms with Crippen LogP contribution in [0.5, 0.6) is 0 Å². The third-order valence-corrected chi connectivity index (χ3v) is 4.10. The molecule has 2 heterocycles. The summed E-state index contributed by atoms with van der Waals surface area (Å²) in [6.45, 7) is 2.98. The molecule has 0 spiro atoms. The van der Waals surface area contributed by atoms with Crippen molar-refractivity contribution in [3.8, 4) is 0 Å². The monoisotopic (exact) mass is 254 g/mol. The minimum absolute atomic E-state index is 0.220. The van der Waals surface area contributed by atoms with Crippen LogP contribution >= 0.6 is 11.3 Å². The van der Waals surface area contributed by atoms with Gasteiger partial charge in [-0.15, -0.1) is 11.3 Å². The molecule has 1 aromatic rings. The number of nitrogens with one attached hydrogen (secondary N) is 1. The Balaban J connectivity index is 1.90. The standard InChI is InChI=1S/C11H18N4OS/c12-8-3-5-15(6-4-8)7-9-1-2-10(17-9)11(16)14-13/h1-2,8H,3-7,12-13H2,(H,14,16). The van der Waals surface area contributed by atoms with Crippen molar-refractivity contribution in [2.75, 3.05) is 13.1 Å². The quantitative estimate of drug-likeness (QED) is 0.411. The third kappa shape index (κ3) is 3.26. The maximum absolute atomic E-state index is 11.3. The molecule has 5 N–H and O–H groups in total. The van der Waals surface area contributed by atoms with Gasteiger partial charge in [0.05, 0.1) is 4.88 Å². The number of amides is 1. The van der Waals surface area contributed by atoms with Gasteiger partial charge in [0, 0.05) is 17.5 Å². The predicted octanol–water partition coefficient (Wildman–Crippen LogP) is 0.275. The van der Waals surface area contributed by atoms with E-state index in [2.05, 4.69) is 10.3 Å². The zero-order valence-corrected chi connectivity index (χ0v) is 10.5. The summed E-state index contributed by atoms with van der Waals surface area (Å²) in [5.74, 6) is 4.88. The Morgan fingerprint density at radius 3 is 2.82 bits per heavy atom. The number of thiophene rings is 1. The van der Waals surface area contributed by atoms with Gasteiger partial charge in [0.25, 0.3) is 5.91 Å². The van der Waals surface area contributed by atoms with Gasteiger partial charge >= 0.3 is 0 Å². The topological polar surface area (TPSA) is 84.4 Å². The Morgan fingerprint density at radius 1 is 1.47 bits per heavy atom. The van der Waals surface area contributed by atoms with Crippen molar-refractivity contribution in [3.05, 3.63) is 21.9 Å². The second-order valence-electron chi connectivity index (χ2n) is 4.35. The van der Waals surface area contributed by atoms with Crippen LogP contribution < -0.4 is 17.0 Å². The number of rotatable bonds is 3. The fourth-order valence-corrected chi connectivity index (χ4v) is 2.94. The van der Waals surface area contributed by atoms with Gasteiger partial charge in [-0.2, -0.15) is 0 Å². The highest BCUT2D eigenvalue weighted by Gasteiger charge is 2.17. The van der Waals surface area contributed by atoms with Gasteiger partial charge in [0.15, 0.2) is 0 Å². The van der Waals surface area contributed by atoms with E-state index < -0.39 is 0 Å². The first-order chi connectivity index (χ1) is 8.19. The van der Waals surface area contributed by atoms with E-state index >= 15 is 0 Å². The molecule has 5 nitrogen and oxygen atoms in total. The maximum atomic E-state index is 11.3. The lowest BCUT2D eigenvalue weighted by Gasteiger charge is -2.29. The number of nitrogens with two attached hydrogens (primary N) is 2. The molecule has 1 saturated heterocycles. The van der Waals surface area contributed by atoms with Crippen LogP contribution in [0, 0.1) is 0 Å². The SMILES string of the molecule is NNC(=O)c1ccc(CN2CCC(N)CC2)s1. The first-order valence-corrected chi connectivity index (χ1v) is 6.58. The minimum Gasteiger partial charge on any atom is -0.328 e. The Labute approximate surface area is 105 Å². The summed E-state index contributed by atoms with van der Waals surface area (Å²) in [6, 6.07) is 4.16. The van der Waals surface area contributed by atoms with Crippen LogP contribution in [-0.2, 0) is 6.54 Å². The van der Waals surface area contributed by atoms with Crippen LogP contribution in [0.2, 0.25) is 0 Å². The van der Waals surface area contributed by atoms with Gasteiger partial charge in [0.1, 0.15) is 0 Å². The molecule has 0 atom stereocenters. The van der Waals surface area contributed by atoms with Gasteiger partial charge in [0.2, 0.25) is 0 Å². The van der Waals surface area contributed by atoms with Crippen molar-refractivity contribution >= 4 is 17.2 Å². The molecule has 1 fully saturated rings. The van der Waals surface area contributed by atoms with Gasteiger partial charge < -0.3 is 5.73 Å². The number of hydrogen-bond acceptors (Lipinski definition) is 5. The Bertz CT molecular complexity index is 385. The lowest BCUT2D eigenvalue weighted by molar-refractivity contribution is 0.0957. The van der Waals surface area contributed by atoms with E-state index in [4.69, 9.17) is 11.6 Å². The molecule has 0 aliphatic carbocycles. The fourth-order valence-electron chi connectivity index (χ4n) is 1.99. The molecule has 1 aromatic heterocycles. The lowest BCUT2D eigenvalue weighted by atomic mass is 10.1. The summed E-state index contributed by atoms with van der Waals surface area (Å²) in [4.78, 5) is 15.5. The molecular weight excluding hydrogens is 236 g/mol. The Hall–Kier alpha value is -0.950. The van der Waals surface area contributed by atoms with Crippen molar-refractivity contribution in [1.29, 1.82) is 0 Å². The van der Waals surface area contributed by atoms with Crippen molar-refractivity contribution < 1.29 is 4.79 Å². The fraction of sp³-hybridized carbons (Fsp3) is 0.545. The number of carbonyl (C=O) groups is 1. The van der Waals surface area contributed by atoms with Crippen LogP contribution in [0.25, 0.3) is 0 Å². The molecule has 0 saturated carbocycles. The lowest BCUT2D eigenvalue weighted by Crippen LogP contribution is -2.39. The van der Waals surface area contributed by atoms with Crippen molar-refractivity contribution in [3.63, 3.8) is 0 Å². The van der Waals surface area contributed by atoms with Gasteiger partial charge in [-0.25, -0.2) is 5.84 Å².